The number of carbonyl (C=O) groups is 3. The number of hydrogen-bond acceptors (Lipinski definition) is 4. The molecule has 1 atom stereocenters. The lowest BCUT2D eigenvalue weighted by atomic mass is 10.1. The fourth-order valence-corrected chi connectivity index (χ4v) is 1.74. The molecule has 0 aliphatic rings. The number of nitrogens with one attached hydrogen (secondary N) is 2. The standard InChI is InChI=1S/C16H21N3O4/c1-2-10-18-14(20)9-8-13(15(17)21)19-16(22)23-11-12-6-4-3-5-7-12/h2-7,13H,1,8-11H2,(H2,17,21)(H,18,20)(H,19,22)/t13-/m0/s1. The highest BCUT2D eigenvalue weighted by Crippen LogP contribution is 2.02. The third kappa shape index (κ3) is 7.66. The molecule has 7 nitrogen and oxygen atoms in total. The molecule has 23 heavy (non-hydrogen) atoms. The van der Waals surface area contributed by atoms with E-state index in [1.54, 1.807) is 6.08 Å². The second-order valence-corrected chi connectivity index (χ2v) is 4.79. The van der Waals surface area contributed by atoms with Crippen LogP contribution >= 0.6 is 0 Å². The van der Waals surface area contributed by atoms with E-state index in [1.807, 2.05) is 30.3 Å². The van der Waals surface area contributed by atoms with Gasteiger partial charge in [-0.2, -0.15) is 0 Å². The van der Waals surface area contributed by atoms with Crippen molar-refractivity contribution in [2.24, 2.45) is 5.73 Å². The molecule has 0 aromatic heterocycles. The first-order valence-corrected chi connectivity index (χ1v) is 7.17. The molecule has 0 unspecified atom stereocenters. The van der Waals surface area contributed by atoms with Crippen molar-refractivity contribution in [3.8, 4) is 0 Å². The van der Waals surface area contributed by atoms with Crippen molar-refractivity contribution < 1.29 is 19.1 Å². The third-order valence-electron chi connectivity index (χ3n) is 2.95. The molecule has 0 fully saturated rings. The molecule has 7 heteroatoms. The minimum Gasteiger partial charge on any atom is -0.445 e. The van der Waals surface area contributed by atoms with Gasteiger partial charge in [-0.25, -0.2) is 4.79 Å². The van der Waals surface area contributed by atoms with Crippen molar-refractivity contribution in [2.75, 3.05) is 6.54 Å². The summed E-state index contributed by atoms with van der Waals surface area (Å²) in [7, 11) is 0. The van der Waals surface area contributed by atoms with Gasteiger partial charge in [0.15, 0.2) is 0 Å². The summed E-state index contributed by atoms with van der Waals surface area (Å²) in [6.07, 6.45) is 0.936. The second kappa shape index (κ2) is 9.99. The van der Waals surface area contributed by atoms with Gasteiger partial charge in [-0.3, -0.25) is 9.59 Å². The van der Waals surface area contributed by atoms with E-state index in [4.69, 9.17) is 10.5 Å². The van der Waals surface area contributed by atoms with Gasteiger partial charge >= 0.3 is 6.09 Å². The highest BCUT2D eigenvalue weighted by Gasteiger charge is 2.19. The summed E-state index contributed by atoms with van der Waals surface area (Å²) in [4.78, 5) is 34.5. The van der Waals surface area contributed by atoms with Crippen LogP contribution in [0.1, 0.15) is 18.4 Å². The average molecular weight is 319 g/mol. The third-order valence-corrected chi connectivity index (χ3v) is 2.95. The van der Waals surface area contributed by atoms with Gasteiger partial charge in [0.05, 0.1) is 0 Å². The van der Waals surface area contributed by atoms with E-state index in [0.29, 0.717) is 6.54 Å². The molecule has 1 aromatic rings. The first-order valence-electron chi connectivity index (χ1n) is 7.17. The van der Waals surface area contributed by atoms with Crippen molar-refractivity contribution in [1.82, 2.24) is 10.6 Å². The van der Waals surface area contributed by atoms with E-state index in [2.05, 4.69) is 17.2 Å². The Kier molecular flexibility index (Phi) is 7.91. The minimum atomic E-state index is -0.965. The van der Waals surface area contributed by atoms with E-state index in [-0.39, 0.29) is 25.4 Å². The summed E-state index contributed by atoms with van der Waals surface area (Å²) in [6.45, 7) is 3.90. The molecule has 0 spiro atoms. The number of rotatable bonds is 9. The lowest BCUT2D eigenvalue weighted by molar-refractivity contribution is -0.122. The Morgan fingerprint density at radius 2 is 1.96 bits per heavy atom. The Morgan fingerprint density at radius 1 is 1.26 bits per heavy atom. The minimum absolute atomic E-state index is 0.0560. The largest absolute Gasteiger partial charge is 0.445 e. The quantitative estimate of drug-likeness (QED) is 0.586. The Balaban J connectivity index is 2.39. The summed E-state index contributed by atoms with van der Waals surface area (Å²) < 4.78 is 5.01. The zero-order valence-corrected chi connectivity index (χ0v) is 12.8. The predicted molar refractivity (Wildman–Crippen MR) is 85.2 cm³/mol. The summed E-state index contributed by atoms with van der Waals surface area (Å²) in [6, 6.07) is 8.15. The molecule has 0 heterocycles. The van der Waals surface area contributed by atoms with E-state index in [0.717, 1.165) is 5.56 Å². The molecule has 0 aliphatic carbocycles. The Morgan fingerprint density at radius 3 is 2.57 bits per heavy atom. The maximum absolute atomic E-state index is 11.7. The highest BCUT2D eigenvalue weighted by atomic mass is 16.5. The molecule has 0 bridgehead atoms. The maximum atomic E-state index is 11.7. The number of carbonyl (C=O) groups excluding carboxylic acids is 3. The van der Waals surface area contributed by atoms with Gasteiger partial charge in [0.2, 0.25) is 11.8 Å². The van der Waals surface area contributed by atoms with E-state index >= 15 is 0 Å². The molecular weight excluding hydrogens is 298 g/mol. The van der Waals surface area contributed by atoms with Crippen LogP contribution in [0, 0.1) is 0 Å². The van der Waals surface area contributed by atoms with Gasteiger partial charge < -0.3 is 21.1 Å². The summed E-state index contributed by atoms with van der Waals surface area (Å²) >= 11 is 0. The van der Waals surface area contributed by atoms with Crippen LogP contribution in [-0.2, 0) is 20.9 Å². The second-order valence-electron chi connectivity index (χ2n) is 4.79. The first kappa shape index (κ1) is 18.2. The molecule has 0 saturated heterocycles. The first-order chi connectivity index (χ1) is 11.0. The Labute approximate surface area is 134 Å². The lowest BCUT2D eigenvalue weighted by Gasteiger charge is -2.15. The van der Waals surface area contributed by atoms with Gasteiger partial charge in [-0.05, 0) is 12.0 Å². The maximum Gasteiger partial charge on any atom is 0.408 e. The van der Waals surface area contributed by atoms with Gasteiger partial charge in [-0.1, -0.05) is 36.4 Å². The normalized spacial score (nSPS) is 11.1. The van der Waals surface area contributed by atoms with Gasteiger partial charge in [0, 0.05) is 13.0 Å². The summed E-state index contributed by atoms with van der Waals surface area (Å²) in [5.41, 5.74) is 6.04. The monoisotopic (exact) mass is 319 g/mol. The molecule has 3 amide bonds. The van der Waals surface area contributed by atoms with Gasteiger partial charge in [0.1, 0.15) is 12.6 Å². The number of primary amides is 1. The van der Waals surface area contributed by atoms with Crippen LogP contribution in [0.25, 0.3) is 0 Å². The van der Waals surface area contributed by atoms with E-state index in [9.17, 15) is 14.4 Å². The van der Waals surface area contributed by atoms with Crippen molar-refractivity contribution in [2.45, 2.75) is 25.5 Å². The van der Waals surface area contributed by atoms with Gasteiger partial charge in [-0.15, -0.1) is 6.58 Å². The van der Waals surface area contributed by atoms with Crippen LogP contribution in [0.3, 0.4) is 0 Å². The van der Waals surface area contributed by atoms with Crippen molar-refractivity contribution in [1.29, 1.82) is 0 Å². The molecule has 4 N–H and O–H groups in total. The number of alkyl carbamates (subject to hydrolysis) is 1. The molecule has 0 aliphatic heterocycles. The van der Waals surface area contributed by atoms with Gasteiger partial charge in [0.25, 0.3) is 0 Å². The summed E-state index contributed by atoms with van der Waals surface area (Å²) in [5.74, 6) is -0.978. The van der Waals surface area contributed by atoms with Crippen LogP contribution in [0.15, 0.2) is 43.0 Å². The molecular formula is C16H21N3O4. The van der Waals surface area contributed by atoms with E-state index in [1.165, 1.54) is 0 Å². The van der Waals surface area contributed by atoms with Crippen molar-refractivity contribution in [3.63, 3.8) is 0 Å². The average Bonchev–Trinajstić information content (AvgIpc) is 2.55. The van der Waals surface area contributed by atoms with Crippen LogP contribution < -0.4 is 16.4 Å². The molecule has 0 saturated carbocycles. The zero-order valence-electron chi connectivity index (χ0n) is 12.8. The highest BCUT2D eigenvalue weighted by molar-refractivity contribution is 5.85. The molecule has 1 aromatic carbocycles. The van der Waals surface area contributed by atoms with Crippen LogP contribution in [0.5, 0.6) is 0 Å². The fraction of sp³-hybridized carbons (Fsp3) is 0.312. The lowest BCUT2D eigenvalue weighted by Crippen LogP contribution is -2.45. The number of ether oxygens (including phenoxy) is 1. The molecule has 124 valence electrons. The Hall–Kier alpha value is -2.83. The van der Waals surface area contributed by atoms with Crippen molar-refractivity contribution >= 4 is 17.9 Å². The summed E-state index contributed by atoms with van der Waals surface area (Å²) in [5, 5.41) is 4.94. The molecule has 1 rings (SSSR count). The molecule has 0 radical (unpaired) electrons. The smallest absolute Gasteiger partial charge is 0.408 e. The SMILES string of the molecule is C=CCNC(=O)CC[C@H](NC(=O)OCc1ccccc1)C(N)=O. The number of hydrogen-bond donors (Lipinski definition) is 3. The number of nitrogens with two attached hydrogens (primary N) is 1. The number of amides is 3. The fourth-order valence-electron chi connectivity index (χ4n) is 1.74. The predicted octanol–water partition coefficient (Wildman–Crippen LogP) is 0.849. The van der Waals surface area contributed by atoms with E-state index < -0.39 is 18.0 Å². The van der Waals surface area contributed by atoms with Crippen LogP contribution in [-0.4, -0.2) is 30.5 Å². The van der Waals surface area contributed by atoms with Crippen LogP contribution in [0.2, 0.25) is 0 Å². The number of benzene rings is 1. The van der Waals surface area contributed by atoms with Crippen molar-refractivity contribution in [3.05, 3.63) is 48.6 Å². The zero-order chi connectivity index (χ0) is 17.1. The topological polar surface area (TPSA) is 111 Å². The van der Waals surface area contributed by atoms with Crippen LogP contribution in [0.4, 0.5) is 4.79 Å². The Bertz CT molecular complexity index is 546.